The summed E-state index contributed by atoms with van der Waals surface area (Å²) >= 11 is 0. The van der Waals surface area contributed by atoms with Crippen molar-refractivity contribution in [3.8, 4) is 0 Å². The van der Waals surface area contributed by atoms with Gasteiger partial charge in [-0.1, -0.05) is 18.2 Å². The van der Waals surface area contributed by atoms with E-state index in [1.807, 2.05) is 6.07 Å². The van der Waals surface area contributed by atoms with E-state index in [4.69, 9.17) is 0 Å². The lowest BCUT2D eigenvalue weighted by atomic mass is 10.2. The van der Waals surface area contributed by atoms with Gasteiger partial charge in [0.2, 0.25) is 0 Å². The Kier molecular flexibility index (Phi) is 7.18. The third kappa shape index (κ3) is 8.68. The Labute approximate surface area is 107 Å². The number of carbonyl (C=O) groups is 1. The second kappa shape index (κ2) is 7.80. The van der Waals surface area contributed by atoms with Gasteiger partial charge in [0.25, 0.3) is 10.2 Å². The van der Waals surface area contributed by atoms with Crippen molar-refractivity contribution in [1.29, 1.82) is 0 Å². The van der Waals surface area contributed by atoms with Crippen LogP contribution in [0.25, 0.3) is 0 Å². The van der Waals surface area contributed by atoms with Crippen LogP contribution in [0.4, 0.5) is 0 Å². The third-order valence-corrected chi connectivity index (χ3v) is 2.39. The first kappa shape index (κ1) is 16.6. The van der Waals surface area contributed by atoms with Gasteiger partial charge in [-0.15, -0.1) is 0 Å². The van der Waals surface area contributed by atoms with Crippen LogP contribution in [0.1, 0.15) is 24.2 Å². The number of hydrogen-bond donors (Lipinski definition) is 2. The van der Waals surface area contributed by atoms with Crippen molar-refractivity contribution < 1.29 is 17.9 Å². The Hall–Kier alpha value is -1.44. The summed E-state index contributed by atoms with van der Waals surface area (Å²) in [6.45, 7) is 3.40. The number of nitrogens with one attached hydrogen (secondary N) is 1. The molecule has 0 aliphatic rings. The highest BCUT2D eigenvalue weighted by molar-refractivity contribution is 7.87. The van der Waals surface area contributed by atoms with Crippen LogP contribution in [-0.4, -0.2) is 27.5 Å². The number of benzene rings is 1. The molecule has 6 nitrogen and oxygen atoms in total. The maximum Gasteiger partial charge on any atom is 0.337 e. The van der Waals surface area contributed by atoms with Crippen LogP contribution in [0.2, 0.25) is 0 Å². The van der Waals surface area contributed by atoms with Crippen LogP contribution in [0.3, 0.4) is 0 Å². The first-order valence-corrected chi connectivity index (χ1v) is 6.74. The van der Waals surface area contributed by atoms with Crippen molar-refractivity contribution in [2.75, 3.05) is 7.11 Å². The van der Waals surface area contributed by atoms with E-state index in [0.717, 1.165) is 0 Å². The van der Waals surface area contributed by atoms with Crippen molar-refractivity contribution in [2.45, 2.75) is 19.9 Å². The summed E-state index contributed by atoms with van der Waals surface area (Å²) in [7, 11) is -2.10. The van der Waals surface area contributed by atoms with Gasteiger partial charge < -0.3 is 4.74 Å². The molecule has 0 bridgehead atoms. The van der Waals surface area contributed by atoms with Gasteiger partial charge in [0.15, 0.2) is 0 Å². The average molecular weight is 274 g/mol. The van der Waals surface area contributed by atoms with Crippen molar-refractivity contribution in [2.24, 2.45) is 5.14 Å². The lowest BCUT2D eigenvalue weighted by Crippen LogP contribution is -2.35. The minimum atomic E-state index is -3.47. The fourth-order valence-corrected chi connectivity index (χ4v) is 1.68. The zero-order chi connectivity index (χ0) is 14.2. The van der Waals surface area contributed by atoms with Gasteiger partial charge in [0, 0.05) is 6.04 Å². The number of rotatable bonds is 3. The fraction of sp³-hybridized carbons (Fsp3) is 0.364. The van der Waals surface area contributed by atoms with Gasteiger partial charge in [0.05, 0.1) is 12.7 Å². The Bertz CT molecular complexity index is 457. The second-order valence-corrected chi connectivity index (χ2v) is 5.00. The Morgan fingerprint density at radius 3 is 2.06 bits per heavy atom. The van der Waals surface area contributed by atoms with E-state index >= 15 is 0 Å². The van der Waals surface area contributed by atoms with Crippen LogP contribution in [-0.2, 0) is 14.9 Å². The molecule has 18 heavy (non-hydrogen) atoms. The molecule has 0 unspecified atom stereocenters. The summed E-state index contributed by atoms with van der Waals surface area (Å²) in [6, 6.07) is 8.76. The molecule has 0 aromatic heterocycles. The quantitative estimate of drug-likeness (QED) is 0.791. The largest absolute Gasteiger partial charge is 0.465 e. The average Bonchev–Trinajstić information content (AvgIpc) is 2.26. The lowest BCUT2D eigenvalue weighted by Gasteiger charge is -2.02. The smallest absolute Gasteiger partial charge is 0.337 e. The molecular formula is C11H18N2O4S. The molecule has 7 heteroatoms. The van der Waals surface area contributed by atoms with E-state index in [-0.39, 0.29) is 12.0 Å². The van der Waals surface area contributed by atoms with E-state index < -0.39 is 10.2 Å². The number of ether oxygens (including phenoxy) is 1. The Balaban J connectivity index is 0.000000331. The lowest BCUT2D eigenvalue weighted by molar-refractivity contribution is 0.0600. The Morgan fingerprint density at radius 1 is 1.28 bits per heavy atom. The highest BCUT2D eigenvalue weighted by Crippen LogP contribution is 1.98. The maximum absolute atomic E-state index is 10.8. The number of nitrogens with two attached hydrogens (primary N) is 1. The summed E-state index contributed by atoms with van der Waals surface area (Å²) < 4.78 is 26.8. The molecule has 0 saturated heterocycles. The molecule has 102 valence electrons. The SMILES string of the molecule is CC(C)NS(N)(=O)=O.COC(=O)c1ccccc1. The molecule has 1 rings (SSSR count). The minimum Gasteiger partial charge on any atom is -0.465 e. The van der Waals surface area contributed by atoms with Crippen molar-refractivity contribution in [1.82, 2.24) is 4.72 Å². The molecule has 3 N–H and O–H groups in total. The standard InChI is InChI=1S/C8H8O2.C3H10N2O2S/c1-10-8(9)7-5-3-2-4-6-7;1-3(2)5-8(4,6)7/h2-6H,1H3;3,5H,1-2H3,(H2,4,6,7). The summed E-state index contributed by atoms with van der Waals surface area (Å²) in [5, 5.41) is 4.60. The van der Waals surface area contributed by atoms with Crippen molar-refractivity contribution >= 4 is 16.2 Å². The van der Waals surface area contributed by atoms with E-state index in [1.165, 1.54) is 7.11 Å². The highest BCUT2D eigenvalue weighted by atomic mass is 32.2. The molecule has 0 amide bonds. The number of esters is 1. The predicted octanol–water partition coefficient (Wildman–Crippen LogP) is 0.661. The molecule has 0 aliphatic carbocycles. The molecule has 1 aromatic rings. The molecule has 0 atom stereocenters. The van der Waals surface area contributed by atoms with Gasteiger partial charge in [-0.05, 0) is 26.0 Å². The molecule has 1 aromatic carbocycles. The number of hydrogen-bond acceptors (Lipinski definition) is 4. The van der Waals surface area contributed by atoms with E-state index in [0.29, 0.717) is 5.56 Å². The molecule has 0 heterocycles. The first-order chi connectivity index (χ1) is 8.26. The molecule has 0 spiro atoms. The van der Waals surface area contributed by atoms with Crippen LogP contribution >= 0.6 is 0 Å². The third-order valence-electron chi connectivity index (χ3n) is 1.59. The van der Waals surface area contributed by atoms with Crippen molar-refractivity contribution in [3.63, 3.8) is 0 Å². The van der Waals surface area contributed by atoms with E-state index in [9.17, 15) is 13.2 Å². The van der Waals surface area contributed by atoms with Gasteiger partial charge in [-0.3, -0.25) is 0 Å². The summed E-state index contributed by atoms with van der Waals surface area (Å²) in [4.78, 5) is 10.8. The zero-order valence-electron chi connectivity index (χ0n) is 10.6. The monoisotopic (exact) mass is 274 g/mol. The summed E-state index contributed by atoms with van der Waals surface area (Å²) in [5.74, 6) is -0.291. The van der Waals surface area contributed by atoms with Gasteiger partial charge in [-0.25, -0.2) is 9.93 Å². The number of carbonyl (C=O) groups excluding carboxylic acids is 1. The van der Waals surface area contributed by atoms with Crippen LogP contribution < -0.4 is 9.86 Å². The van der Waals surface area contributed by atoms with Crippen LogP contribution in [0, 0.1) is 0 Å². The predicted molar refractivity (Wildman–Crippen MR) is 69.2 cm³/mol. The first-order valence-electron chi connectivity index (χ1n) is 5.19. The highest BCUT2D eigenvalue weighted by Gasteiger charge is 2.01. The molecule has 0 saturated carbocycles. The van der Waals surface area contributed by atoms with Gasteiger partial charge in [-0.2, -0.15) is 13.1 Å². The molecule has 0 radical (unpaired) electrons. The number of methoxy groups -OCH3 is 1. The van der Waals surface area contributed by atoms with Crippen LogP contribution in [0.15, 0.2) is 30.3 Å². The second-order valence-electron chi connectivity index (χ2n) is 3.68. The minimum absolute atomic E-state index is 0.120. The maximum atomic E-state index is 10.8. The van der Waals surface area contributed by atoms with Gasteiger partial charge in [0.1, 0.15) is 0 Å². The summed E-state index contributed by atoms with van der Waals surface area (Å²) in [6.07, 6.45) is 0. The van der Waals surface area contributed by atoms with Crippen LogP contribution in [0.5, 0.6) is 0 Å². The fourth-order valence-electron chi connectivity index (χ4n) is 1.02. The molecule has 0 fully saturated rings. The Morgan fingerprint density at radius 2 is 1.78 bits per heavy atom. The summed E-state index contributed by atoms with van der Waals surface area (Å²) in [5.41, 5.74) is 0.588. The van der Waals surface area contributed by atoms with E-state index in [2.05, 4.69) is 14.6 Å². The molecule has 0 aliphatic heterocycles. The molecular weight excluding hydrogens is 256 g/mol. The van der Waals surface area contributed by atoms with Gasteiger partial charge >= 0.3 is 5.97 Å². The van der Waals surface area contributed by atoms with Crippen molar-refractivity contribution in [3.05, 3.63) is 35.9 Å². The van der Waals surface area contributed by atoms with E-state index in [1.54, 1.807) is 38.1 Å². The normalized spacial score (nSPS) is 10.5. The topological polar surface area (TPSA) is 98.5 Å². The zero-order valence-corrected chi connectivity index (χ0v) is 11.4.